The lowest BCUT2D eigenvalue weighted by molar-refractivity contribution is 0.103. The molecule has 2 N–H and O–H groups in total. The van der Waals surface area contributed by atoms with Crippen LogP contribution in [-0.2, 0) is 22.9 Å². The lowest BCUT2D eigenvalue weighted by Crippen LogP contribution is -2.26. The summed E-state index contributed by atoms with van der Waals surface area (Å²) < 4.78 is 25.5. The van der Waals surface area contributed by atoms with E-state index in [9.17, 15) is 13.2 Å². The minimum absolute atomic E-state index is 0.152. The first-order valence-electron chi connectivity index (χ1n) is 9.44. The van der Waals surface area contributed by atoms with Crippen molar-refractivity contribution in [3.05, 3.63) is 45.1 Å². The Balaban J connectivity index is 1.76. The number of sulfonamides is 1. The molecule has 0 fully saturated rings. The number of nitrogens with one attached hydrogen (secondary N) is 2. The van der Waals surface area contributed by atoms with E-state index in [-0.39, 0.29) is 11.3 Å². The highest BCUT2D eigenvalue weighted by molar-refractivity contribution is 7.92. The van der Waals surface area contributed by atoms with Crippen molar-refractivity contribution in [1.82, 2.24) is 0 Å². The van der Waals surface area contributed by atoms with Gasteiger partial charge < -0.3 is 5.32 Å². The van der Waals surface area contributed by atoms with Crippen LogP contribution in [0, 0.1) is 18.3 Å². The standard InChI is InChI=1S/C21H28N2O3S2/c1-13-6-8-16(12-17(13)23-28(5,25)26)22-20(24)19-11-14-10-15(21(2,3)4)7-9-18(14)27-19/h6,8,11-12,15,23H,7,9-10H2,1-5H3,(H,22,24). The maximum Gasteiger partial charge on any atom is 0.265 e. The van der Waals surface area contributed by atoms with E-state index in [1.807, 2.05) is 13.0 Å². The van der Waals surface area contributed by atoms with Crippen LogP contribution < -0.4 is 10.0 Å². The molecule has 1 aromatic carbocycles. The van der Waals surface area contributed by atoms with Gasteiger partial charge in [0.15, 0.2) is 0 Å². The van der Waals surface area contributed by atoms with E-state index in [4.69, 9.17) is 0 Å². The second kappa shape index (κ2) is 7.52. The molecule has 28 heavy (non-hydrogen) atoms. The van der Waals surface area contributed by atoms with E-state index in [2.05, 4.69) is 30.8 Å². The van der Waals surface area contributed by atoms with E-state index in [0.717, 1.165) is 31.1 Å². The van der Waals surface area contributed by atoms with Crippen LogP contribution in [0.15, 0.2) is 24.3 Å². The molecule has 1 amide bonds. The van der Waals surface area contributed by atoms with Gasteiger partial charge in [0.25, 0.3) is 5.91 Å². The number of anilines is 2. The van der Waals surface area contributed by atoms with Crippen LogP contribution in [-0.4, -0.2) is 20.6 Å². The monoisotopic (exact) mass is 420 g/mol. The van der Waals surface area contributed by atoms with E-state index in [1.165, 1.54) is 10.4 Å². The second-order valence-corrected chi connectivity index (χ2v) is 11.6. The highest BCUT2D eigenvalue weighted by Crippen LogP contribution is 2.40. The maximum absolute atomic E-state index is 12.8. The zero-order valence-electron chi connectivity index (χ0n) is 17.0. The van der Waals surface area contributed by atoms with Crippen LogP contribution in [0.4, 0.5) is 11.4 Å². The van der Waals surface area contributed by atoms with Crippen molar-refractivity contribution in [3.8, 4) is 0 Å². The van der Waals surface area contributed by atoms with Crippen molar-refractivity contribution in [2.45, 2.75) is 47.0 Å². The molecule has 1 aliphatic carbocycles. The van der Waals surface area contributed by atoms with Gasteiger partial charge in [-0.2, -0.15) is 0 Å². The molecule has 1 unspecified atom stereocenters. The predicted octanol–water partition coefficient (Wildman–Crippen LogP) is 4.83. The van der Waals surface area contributed by atoms with Crippen molar-refractivity contribution in [2.75, 3.05) is 16.3 Å². The molecule has 1 aliphatic rings. The van der Waals surface area contributed by atoms with Crippen molar-refractivity contribution in [2.24, 2.45) is 11.3 Å². The summed E-state index contributed by atoms with van der Waals surface area (Å²) in [6.45, 7) is 8.66. The molecular weight excluding hydrogens is 392 g/mol. The Bertz CT molecular complexity index is 1000. The lowest BCUT2D eigenvalue weighted by atomic mass is 9.72. The molecule has 0 saturated carbocycles. The van der Waals surface area contributed by atoms with Gasteiger partial charge in [-0.3, -0.25) is 9.52 Å². The normalized spacial score (nSPS) is 17.1. The fraction of sp³-hybridized carbons (Fsp3) is 0.476. The molecule has 7 heteroatoms. The van der Waals surface area contributed by atoms with Gasteiger partial charge in [0.1, 0.15) is 0 Å². The molecule has 1 heterocycles. The number of thiophene rings is 1. The van der Waals surface area contributed by atoms with E-state index in [0.29, 0.717) is 22.2 Å². The van der Waals surface area contributed by atoms with Crippen molar-refractivity contribution in [1.29, 1.82) is 0 Å². The zero-order chi connectivity index (χ0) is 20.7. The fourth-order valence-electron chi connectivity index (χ4n) is 3.58. The van der Waals surface area contributed by atoms with Gasteiger partial charge in [-0.15, -0.1) is 11.3 Å². The van der Waals surface area contributed by atoms with Gasteiger partial charge in [0.05, 0.1) is 16.8 Å². The number of aryl methyl sites for hydroxylation is 2. The summed E-state index contributed by atoms with van der Waals surface area (Å²) in [6, 6.07) is 7.24. The number of carbonyl (C=O) groups excluding carboxylic acids is 1. The molecule has 5 nitrogen and oxygen atoms in total. The molecule has 1 atom stereocenters. The summed E-state index contributed by atoms with van der Waals surface area (Å²) in [5.74, 6) is 0.480. The second-order valence-electron chi connectivity index (χ2n) is 8.72. The van der Waals surface area contributed by atoms with E-state index >= 15 is 0 Å². The van der Waals surface area contributed by atoms with Crippen molar-refractivity contribution in [3.63, 3.8) is 0 Å². The predicted molar refractivity (Wildman–Crippen MR) is 117 cm³/mol. The number of rotatable bonds is 4. The molecule has 0 spiro atoms. The Morgan fingerprint density at radius 1 is 1.21 bits per heavy atom. The first-order valence-corrected chi connectivity index (χ1v) is 12.1. The van der Waals surface area contributed by atoms with Crippen LogP contribution in [0.2, 0.25) is 0 Å². The summed E-state index contributed by atoms with van der Waals surface area (Å²) in [4.78, 5) is 14.8. The summed E-state index contributed by atoms with van der Waals surface area (Å²) in [7, 11) is -3.38. The number of fused-ring (bicyclic) bond motifs is 1. The SMILES string of the molecule is Cc1ccc(NC(=O)c2cc3c(s2)CCC(C(C)(C)C)C3)cc1NS(C)(=O)=O. The lowest BCUT2D eigenvalue weighted by Gasteiger charge is -2.33. The summed E-state index contributed by atoms with van der Waals surface area (Å²) in [5, 5.41) is 2.90. The molecule has 0 saturated heterocycles. The van der Waals surface area contributed by atoms with Gasteiger partial charge in [-0.05, 0) is 66.8 Å². The average Bonchev–Trinajstić information content (AvgIpc) is 2.99. The van der Waals surface area contributed by atoms with Gasteiger partial charge in [-0.1, -0.05) is 26.8 Å². The zero-order valence-corrected chi connectivity index (χ0v) is 18.7. The third kappa shape index (κ3) is 4.94. The third-order valence-corrected chi connectivity index (χ3v) is 7.15. The van der Waals surface area contributed by atoms with Gasteiger partial charge in [0, 0.05) is 10.6 Å². The Kier molecular flexibility index (Phi) is 5.60. The molecule has 0 aliphatic heterocycles. The Morgan fingerprint density at radius 2 is 1.93 bits per heavy atom. The molecule has 1 aromatic heterocycles. The molecule has 3 rings (SSSR count). The quantitative estimate of drug-likeness (QED) is 0.744. The Morgan fingerprint density at radius 3 is 2.57 bits per heavy atom. The van der Waals surface area contributed by atoms with Crippen molar-refractivity contribution < 1.29 is 13.2 Å². The largest absolute Gasteiger partial charge is 0.321 e. The number of hydrogen-bond acceptors (Lipinski definition) is 4. The van der Waals surface area contributed by atoms with Crippen LogP contribution in [0.1, 0.15) is 52.9 Å². The first-order chi connectivity index (χ1) is 12.9. The third-order valence-electron chi connectivity index (χ3n) is 5.32. The maximum atomic E-state index is 12.8. The van der Waals surface area contributed by atoms with Crippen molar-refractivity contribution >= 4 is 38.6 Å². The van der Waals surface area contributed by atoms with Crippen LogP contribution in [0.5, 0.6) is 0 Å². The number of amides is 1. The van der Waals surface area contributed by atoms with E-state index in [1.54, 1.807) is 29.5 Å². The van der Waals surface area contributed by atoms with Crippen LogP contribution in [0.3, 0.4) is 0 Å². The number of benzene rings is 1. The molecule has 2 aromatic rings. The molecule has 0 bridgehead atoms. The van der Waals surface area contributed by atoms with Gasteiger partial charge in [-0.25, -0.2) is 8.42 Å². The molecule has 152 valence electrons. The Labute approximate surface area is 171 Å². The first kappa shape index (κ1) is 20.9. The number of carbonyl (C=O) groups is 1. The van der Waals surface area contributed by atoms with E-state index < -0.39 is 10.0 Å². The Hall–Kier alpha value is -1.86. The minimum atomic E-state index is -3.38. The summed E-state index contributed by atoms with van der Waals surface area (Å²) >= 11 is 1.57. The van der Waals surface area contributed by atoms with Crippen LogP contribution in [0.25, 0.3) is 0 Å². The fourth-order valence-corrected chi connectivity index (χ4v) is 5.30. The van der Waals surface area contributed by atoms with Gasteiger partial charge >= 0.3 is 0 Å². The minimum Gasteiger partial charge on any atom is -0.321 e. The van der Waals surface area contributed by atoms with Crippen LogP contribution >= 0.6 is 11.3 Å². The molecular formula is C21H28N2O3S2. The smallest absolute Gasteiger partial charge is 0.265 e. The summed E-state index contributed by atoms with van der Waals surface area (Å²) in [5.41, 5.74) is 3.40. The molecule has 0 radical (unpaired) electrons. The number of hydrogen-bond donors (Lipinski definition) is 2. The average molecular weight is 421 g/mol. The highest BCUT2D eigenvalue weighted by Gasteiger charge is 2.30. The highest BCUT2D eigenvalue weighted by atomic mass is 32.2. The summed E-state index contributed by atoms with van der Waals surface area (Å²) in [6.07, 6.45) is 4.33. The van der Waals surface area contributed by atoms with Gasteiger partial charge in [0.2, 0.25) is 10.0 Å². The topological polar surface area (TPSA) is 75.3 Å².